The minimum atomic E-state index is -0.398. The van der Waals surface area contributed by atoms with Crippen LogP contribution in [0.5, 0.6) is 0 Å². The molecule has 1 N–H and O–H groups in total. The standard InChI is InChI=1S/C17H26BrClO/c1-2-3-4-5-6-7-8-9-10-17(20)14-11-15(18)13-16(19)12-14/h11-13,17,20H,2-10H2,1H3. The lowest BCUT2D eigenvalue weighted by atomic mass is 10.0. The van der Waals surface area contributed by atoms with Gasteiger partial charge in [0.15, 0.2) is 0 Å². The Bertz CT molecular complexity index is 361. The molecule has 0 fully saturated rings. The molecule has 0 aliphatic heterocycles. The number of hydrogen-bond donors (Lipinski definition) is 1. The van der Waals surface area contributed by atoms with Crippen LogP contribution >= 0.6 is 27.5 Å². The van der Waals surface area contributed by atoms with Gasteiger partial charge in [-0.05, 0) is 30.2 Å². The Balaban J connectivity index is 2.15. The summed E-state index contributed by atoms with van der Waals surface area (Å²) in [6.07, 6.45) is 10.7. The summed E-state index contributed by atoms with van der Waals surface area (Å²) >= 11 is 9.41. The molecule has 1 unspecified atom stereocenters. The molecule has 0 amide bonds. The van der Waals surface area contributed by atoms with Gasteiger partial charge in [0.2, 0.25) is 0 Å². The van der Waals surface area contributed by atoms with Crippen molar-refractivity contribution >= 4 is 27.5 Å². The van der Waals surface area contributed by atoms with Crippen molar-refractivity contribution in [1.82, 2.24) is 0 Å². The van der Waals surface area contributed by atoms with Gasteiger partial charge in [0.05, 0.1) is 6.10 Å². The molecule has 114 valence electrons. The van der Waals surface area contributed by atoms with Crippen LogP contribution in [0.2, 0.25) is 5.02 Å². The van der Waals surface area contributed by atoms with Crippen LogP contribution in [0, 0.1) is 0 Å². The first-order valence-corrected chi connectivity index (χ1v) is 8.94. The summed E-state index contributed by atoms with van der Waals surface area (Å²) in [6.45, 7) is 2.25. The van der Waals surface area contributed by atoms with Crippen molar-refractivity contribution in [3.8, 4) is 0 Å². The summed E-state index contributed by atoms with van der Waals surface area (Å²) < 4.78 is 0.926. The minimum absolute atomic E-state index is 0.398. The molecule has 1 atom stereocenters. The molecule has 1 rings (SSSR count). The lowest BCUT2D eigenvalue weighted by Crippen LogP contribution is -1.97. The van der Waals surface area contributed by atoms with Gasteiger partial charge < -0.3 is 5.11 Å². The summed E-state index contributed by atoms with van der Waals surface area (Å²) in [6, 6.07) is 5.64. The van der Waals surface area contributed by atoms with Gasteiger partial charge in [-0.3, -0.25) is 0 Å². The highest BCUT2D eigenvalue weighted by molar-refractivity contribution is 9.10. The minimum Gasteiger partial charge on any atom is -0.388 e. The van der Waals surface area contributed by atoms with Gasteiger partial charge >= 0.3 is 0 Å². The second kappa shape index (κ2) is 10.6. The Hall–Kier alpha value is -0.0500. The normalized spacial score (nSPS) is 12.6. The summed E-state index contributed by atoms with van der Waals surface area (Å²) in [5, 5.41) is 10.8. The maximum Gasteiger partial charge on any atom is 0.0791 e. The van der Waals surface area contributed by atoms with Gasteiger partial charge in [-0.15, -0.1) is 0 Å². The Labute approximate surface area is 136 Å². The number of unbranched alkanes of at least 4 members (excludes halogenated alkanes) is 7. The molecule has 0 spiro atoms. The van der Waals surface area contributed by atoms with E-state index in [1.54, 1.807) is 0 Å². The van der Waals surface area contributed by atoms with Crippen LogP contribution in [0.25, 0.3) is 0 Å². The number of halogens is 2. The van der Waals surface area contributed by atoms with Crippen LogP contribution in [-0.4, -0.2) is 5.11 Å². The summed E-state index contributed by atoms with van der Waals surface area (Å²) in [4.78, 5) is 0. The highest BCUT2D eigenvalue weighted by Crippen LogP contribution is 2.26. The Kier molecular flexibility index (Phi) is 9.58. The number of rotatable bonds is 10. The van der Waals surface area contributed by atoms with Crippen molar-refractivity contribution in [3.05, 3.63) is 33.3 Å². The third-order valence-corrected chi connectivity index (χ3v) is 4.28. The van der Waals surface area contributed by atoms with Crippen molar-refractivity contribution in [1.29, 1.82) is 0 Å². The molecule has 0 saturated carbocycles. The van der Waals surface area contributed by atoms with Gasteiger partial charge in [-0.2, -0.15) is 0 Å². The molecule has 0 saturated heterocycles. The molecule has 1 nitrogen and oxygen atoms in total. The van der Waals surface area contributed by atoms with E-state index in [4.69, 9.17) is 11.6 Å². The number of hydrogen-bond acceptors (Lipinski definition) is 1. The van der Waals surface area contributed by atoms with Gasteiger partial charge in [0, 0.05) is 9.50 Å². The van der Waals surface area contributed by atoms with E-state index in [0.29, 0.717) is 5.02 Å². The van der Waals surface area contributed by atoms with Gasteiger partial charge in [0.25, 0.3) is 0 Å². The number of aliphatic hydroxyl groups is 1. The van der Waals surface area contributed by atoms with E-state index >= 15 is 0 Å². The van der Waals surface area contributed by atoms with E-state index < -0.39 is 6.10 Å². The summed E-state index contributed by atoms with van der Waals surface area (Å²) in [5.74, 6) is 0. The van der Waals surface area contributed by atoms with Crippen molar-refractivity contribution in [3.63, 3.8) is 0 Å². The number of aliphatic hydroxyl groups excluding tert-OH is 1. The molecule has 0 aliphatic carbocycles. The zero-order chi connectivity index (χ0) is 14.8. The maximum absolute atomic E-state index is 10.2. The van der Waals surface area contributed by atoms with E-state index in [0.717, 1.165) is 22.9 Å². The Morgan fingerprint density at radius 2 is 1.60 bits per heavy atom. The Morgan fingerprint density at radius 1 is 1.00 bits per heavy atom. The van der Waals surface area contributed by atoms with Crippen LogP contribution in [0.4, 0.5) is 0 Å². The first kappa shape index (κ1) is 18.0. The topological polar surface area (TPSA) is 20.2 Å². The zero-order valence-electron chi connectivity index (χ0n) is 12.4. The molecule has 0 bridgehead atoms. The van der Waals surface area contributed by atoms with Crippen LogP contribution in [0.3, 0.4) is 0 Å². The van der Waals surface area contributed by atoms with E-state index in [-0.39, 0.29) is 0 Å². The molecular weight excluding hydrogens is 336 g/mol. The summed E-state index contributed by atoms with van der Waals surface area (Å²) in [5.41, 5.74) is 0.910. The molecule has 0 aliphatic rings. The largest absolute Gasteiger partial charge is 0.388 e. The lowest BCUT2D eigenvalue weighted by molar-refractivity contribution is 0.163. The van der Waals surface area contributed by atoms with E-state index in [2.05, 4.69) is 22.9 Å². The summed E-state index contributed by atoms with van der Waals surface area (Å²) in [7, 11) is 0. The zero-order valence-corrected chi connectivity index (χ0v) is 14.7. The van der Waals surface area contributed by atoms with Crippen LogP contribution < -0.4 is 0 Å². The lowest BCUT2D eigenvalue weighted by Gasteiger charge is -2.12. The molecule has 3 heteroatoms. The van der Waals surface area contributed by atoms with Crippen molar-refractivity contribution < 1.29 is 5.11 Å². The molecule has 0 heterocycles. The fraction of sp³-hybridized carbons (Fsp3) is 0.647. The van der Waals surface area contributed by atoms with Crippen molar-refractivity contribution in [2.45, 2.75) is 70.8 Å². The fourth-order valence-corrected chi connectivity index (χ4v) is 3.29. The Morgan fingerprint density at radius 3 is 2.20 bits per heavy atom. The predicted molar refractivity (Wildman–Crippen MR) is 91.3 cm³/mol. The third-order valence-electron chi connectivity index (χ3n) is 3.60. The van der Waals surface area contributed by atoms with Gasteiger partial charge in [-0.25, -0.2) is 0 Å². The van der Waals surface area contributed by atoms with Gasteiger partial charge in [0.1, 0.15) is 0 Å². The smallest absolute Gasteiger partial charge is 0.0791 e. The third kappa shape index (κ3) is 7.66. The maximum atomic E-state index is 10.2. The van der Waals surface area contributed by atoms with Crippen LogP contribution in [0.15, 0.2) is 22.7 Å². The van der Waals surface area contributed by atoms with E-state index in [1.807, 2.05) is 18.2 Å². The molecule has 0 radical (unpaired) electrons. The average molecular weight is 362 g/mol. The van der Waals surface area contributed by atoms with E-state index in [1.165, 1.54) is 44.9 Å². The highest BCUT2D eigenvalue weighted by Gasteiger charge is 2.08. The second-order valence-corrected chi connectivity index (χ2v) is 6.83. The molecule has 0 aromatic heterocycles. The molecule has 1 aromatic carbocycles. The quantitative estimate of drug-likeness (QED) is 0.461. The van der Waals surface area contributed by atoms with Crippen LogP contribution in [0.1, 0.15) is 76.4 Å². The van der Waals surface area contributed by atoms with E-state index in [9.17, 15) is 5.11 Å². The highest BCUT2D eigenvalue weighted by atomic mass is 79.9. The SMILES string of the molecule is CCCCCCCCCCC(O)c1cc(Cl)cc(Br)c1. The van der Waals surface area contributed by atoms with Crippen LogP contribution in [-0.2, 0) is 0 Å². The molecule has 1 aromatic rings. The predicted octanol–water partition coefficient (Wildman–Crippen LogP) is 6.67. The number of benzene rings is 1. The monoisotopic (exact) mass is 360 g/mol. The average Bonchev–Trinajstić information content (AvgIpc) is 2.40. The molecule has 20 heavy (non-hydrogen) atoms. The van der Waals surface area contributed by atoms with Crippen molar-refractivity contribution in [2.75, 3.05) is 0 Å². The van der Waals surface area contributed by atoms with Crippen molar-refractivity contribution in [2.24, 2.45) is 0 Å². The van der Waals surface area contributed by atoms with Gasteiger partial charge in [-0.1, -0.05) is 85.8 Å². The first-order chi connectivity index (χ1) is 9.63. The second-order valence-electron chi connectivity index (χ2n) is 5.48. The first-order valence-electron chi connectivity index (χ1n) is 7.77. The fourth-order valence-electron chi connectivity index (χ4n) is 2.41. The molecular formula is C17H26BrClO.